The molecule has 0 fully saturated rings. The summed E-state index contributed by atoms with van der Waals surface area (Å²) in [5.74, 6) is -0.259. The Bertz CT molecular complexity index is 1610. The predicted octanol–water partition coefficient (Wildman–Crippen LogP) is 1.96. The van der Waals surface area contributed by atoms with Gasteiger partial charge in [0.25, 0.3) is 5.56 Å². The van der Waals surface area contributed by atoms with E-state index in [1.807, 2.05) is 49.1 Å². The molecule has 0 spiro atoms. The third kappa shape index (κ3) is 4.52. The van der Waals surface area contributed by atoms with E-state index in [-0.39, 0.29) is 17.9 Å². The Labute approximate surface area is 212 Å². The van der Waals surface area contributed by atoms with Gasteiger partial charge in [0.05, 0.1) is 47.4 Å². The van der Waals surface area contributed by atoms with E-state index in [1.54, 1.807) is 38.2 Å². The maximum Gasteiger partial charge on any atom is 0.291 e. The van der Waals surface area contributed by atoms with Crippen molar-refractivity contribution in [3.05, 3.63) is 57.5 Å². The number of ketones is 1. The van der Waals surface area contributed by atoms with E-state index in [0.717, 1.165) is 10.4 Å². The van der Waals surface area contributed by atoms with Crippen LogP contribution < -0.4 is 5.56 Å². The molecule has 5 heterocycles. The minimum absolute atomic E-state index is 0.239. The summed E-state index contributed by atoms with van der Waals surface area (Å²) in [6.45, 7) is 0.249. The number of thiazole rings is 1. The van der Waals surface area contributed by atoms with Gasteiger partial charge in [0.2, 0.25) is 5.78 Å². The normalized spacial score (nSPS) is 12.1. The highest BCUT2D eigenvalue weighted by Crippen LogP contribution is 2.31. The zero-order chi connectivity index (χ0) is 24.9. The summed E-state index contributed by atoms with van der Waals surface area (Å²) in [5.41, 5.74) is 1.86. The molecular weight excluding hydrogens is 508 g/mol. The predicted molar refractivity (Wildman–Crippen MR) is 138 cm³/mol. The smallest absolute Gasteiger partial charge is 0.291 e. The van der Waals surface area contributed by atoms with Crippen molar-refractivity contribution in [3.8, 4) is 0 Å². The lowest BCUT2D eigenvalue weighted by Gasteiger charge is -2.06. The van der Waals surface area contributed by atoms with E-state index < -0.39 is 0 Å². The molecule has 0 atom stereocenters. The minimum Gasteiger partial charge on any atom is -0.323 e. The first kappa shape index (κ1) is 23.7. The Hall–Kier alpha value is -2.98. The molecule has 12 nitrogen and oxygen atoms in total. The van der Waals surface area contributed by atoms with Gasteiger partial charge in [-0.3, -0.25) is 9.59 Å². The Morgan fingerprint density at radius 1 is 1.06 bits per heavy atom. The van der Waals surface area contributed by atoms with E-state index in [1.165, 1.54) is 40.3 Å². The third-order valence-corrected chi connectivity index (χ3v) is 7.42. The minimum atomic E-state index is -0.259. The monoisotopic (exact) mass is 530 g/mol. The number of hydrogen-bond acceptors (Lipinski definition) is 11. The van der Waals surface area contributed by atoms with Gasteiger partial charge in [0.1, 0.15) is 11.2 Å². The Morgan fingerprint density at radius 3 is 2.46 bits per heavy atom. The quantitative estimate of drug-likeness (QED) is 0.218. The van der Waals surface area contributed by atoms with E-state index in [2.05, 4.69) is 20.3 Å². The summed E-state index contributed by atoms with van der Waals surface area (Å²) in [4.78, 5) is 30.8. The standard InChI is InChI=1S/C20H22N10O2S3/c1-25(2)34-29-8-6-12(23-29)11-28-20(32)15-13(10-21-28)17-18(27(15)5)22-19(33-17)16(31)14-7-9-30(24-14)35-26(3)4/h6-10H,11H2,1-5H3. The van der Waals surface area contributed by atoms with Crippen LogP contribution in [0.5, 0.6) is 0 Å². The third-order valence-electron chi connectivity index (χ3n) is 4.95. The average Bonchev–Trinajstić information content (AvgIpc) is 3.56. The maximum atomic E-state index is 13.3. The first-order chi connectivity index (χ1) is 16.7. The van der Waals surface area contributed by atoms with Crippen molar-refractivity contribution in [2.75, 3.05) is 28.2 Å². The van der Waals surface area contributed by atoms with Gasteiger partial charge >= 0.3 is 0 Å². The fourth-order valence-corrected chi connectivity index (χ4v) is 5.77. The number of aromatic nitrogens is 8. The van der Waals surface area contributed by atoms with Crippen LogP contribution in [0.4, 0.5) is 0 Å². The van der Waals surface area contributed by atoms with Crippen molar-refractivity contribution in [2.45, 2.75) is 6.54 Å². The number of hydrogen-bond donors (Lipinski definition) is 0. The lowest BCUT2D eigenvalue weighted by atomic mass is 10.3. The van der Waals surface area contributed by atoms with Crippen molar-refractivity contribution < 1.29 is 4.79 Å². The maximum absolute atomic E-state index is 13.3. The van der Waals surface area contributed by atoms with Crippen LogP contribution in [0.1, 0.15) is 21.2 Å². The van der Waals surface area contributed by atoms with E-state index in [9.17, 15) is 9.59 Å². The molecule has 35 heavy (non-hydrogen) atoms. The molecule has 0 N–H and O–H groups in total. The fraction of sp³-hybridized carbons (Fsp3) is 0.300. The summed E-state index contributed by atoms with van der Waals surface area (Å²) in [7, 11) is 9.42. The number of carbonyl (C=O) groups excluding carboxylic acids is 1. The van der Waals surface area contributed by atoms with Crippen molar-refractivity contribution >= 4 is 62.6 Å². The summed E-state index contributed by atoms with van der Waals surface area (Å²) < 4.78 is 11.0. The van der Waals surface area contributed by atoms with Crippen LogP contribution in [0.2, 0.25) is 0 Å². The van der Waals surface area contributed by atoms with Crippen molar-refractivity contribution in [1.82, 2.24) is 46.3 Å². The van der Waals surface area contributed by atoms with Crippen LogP contribution in [-0.2, 0) is 13.6 Å². The van der Waals surface area contributed by atoms with Gasteiger partial charge in [-0.15, -0.1) is 11.3 Å². The van der Waals surface area contributed by atoms with Gasteiger partial charge < -0.3 is 4.57 Å². The first-order valence-electron chi connectivity index (χ1n) is 10.4. The summed E-state index contributed by atoms with van der Waals surface area (Å²) >= 11 is 4.04. The van der Waals surface area contributed by atoms with E-state index in [0.29, 0.717) is 27.3 Å². The molecule has 0 aliphatic carbocycles. The van der Waals surface area contributed by atoms with Gasteiger partial charge in [-0.05, 0) is 40.3 Å². The molecule has 0 aliphatic rings. The molecule has 0 aromatic carbocycles. The summed E-state index contributed by atoms with van der Waals surface area (Å²) in [6, 6.07) is 3.53. The molecule has 0 unspecified atom stereocenters. The second kappa shape index (κ2) is 9.23. The first-order valence-corrected chi connectivity index (χ1v) is 12.7. The zero-order valence-corrected chi connectivity index (χ0v) is 22.1. The van der Waals surface area contributed by atoms with Gasteiger partial charge in [-0.25, -0.2) is 18.3 Å². The second-order valence-corrected chi connectivity index (χ2v) is 11.6. The number of fused-ring (bicyclic) bond motifs is 3. The molecule has 0 saturated carbocycles. The van der Waals surface area contributed by atoms with Crippen LogP contribution in [0, 0.1) is 0 Å². The molecule has 0 radical (unpaired) electrons. The lowest BCUT2D eigenvalue weighted by molar-refractivity contribution is 0.103. The van der Waals surface area contributed by atoms with Crippen LogP contribution in [-0.4, -0.2) is 80.3 Å². The van der Waals surface area contributed by atoms with Gasteiger partial charge in [-0.1, -0.05) is 0 Å². The van der Waals surface area contributed by atoms with Crippen LogP contribution in [0.25, 0.3) is 21.3 Å². The molecule has 5 rings (SSSR count). The van der Waals surface area contributed by atoms with Crippen molar-refractivity contribution in [3.63, 3.8) is 0 Å². The van der Waals surface area contributed by atoms with E-state index in [4.69, 9.17) is 0 Å². The second-order valence-electron chi connectivity index (χ2n) is 8.03. The van der Waals surface area contributed by atoms with Gasteiger partial charge in [0.15, 0.2) is 10.7 Å². The van der Waals surface area contributed by atoms with E-state index >= 15 is 0 Å². The number of rotatable bonds is 8. The summed E-state index contributed by atoms with van der Waals surface area (Å²) in [5, 5.41) is 14.2. The van der Waals surface area contributed by atoms with Crippen molar-refractivity contribution in [1.29, 1.82) is 0 Å². The molecule has 5 aromatic rings. The Balaban J connectivity index is 1.46. The summed E-state index contributed by atoms with van der Waals surface area (Å²) in [6.07, 6.45) is 5.22. The topological polar surface area (TPSA) is 112 Å². The largest absolute Gasteiger partial charge is 0.323 e. The molecule has 5 aromatic heterocycles. The number of aryl methyl sites for hydroxylation is 1. The highest BCUT2D eigenvalue weighted by atomic mass is 32.2. The molecule has 0 bridgehead atoms. The molecule has 15 heteroatoms. The fourth-order valence-electron chi connectivity index (χ4n) is 3.54. The lowest BCUT2D eigenvalue weighted by Crippen LogP contribution is -2.24. The number of carbonyl (C=O) groups is 1. The van der Waals surface area contributed by atoms with Crippen LogP contribution in [0.3, 0.4) is 0 Å². The highest BCUT2D eigenvalue weighted by molar-refractivity contribution is 7.95. The molecule has 0 saturated heterocycles. The molecule has 0 aliphatic heterocycles. The van der Waals surface area contributed by atoms with Crippen molar-refractivity contribution in [2.24, 2.45) is 7.05 Å². The Kier molecular flexibility index (Phi) is 6.27. The van der Waals surface area contributed by atoms with Gasteiger partial charge in [-0.2, -0.15) is 23.5 Å². The molecule has 182 valence electrons. The van der Waals surface area contributed by atoms with Crippen LogP contribution in [0.15, 0.2) is 35.5 Å². The number of nitrogens with zero attached hydrogens (tertiary/aromatic N) is 10. The highest BCUT2D eigenvalue weighted by Gasteiger charge is 2.23. The molecule has 0 amide bonds. The SMILES string of the molecule is CN(C)Sn1ccc(Cn2ncc3c4sc(C(=O)c5ccn(SN(C)C)n5)nc4n(C)c3c2=O)n1. The van der Waals surface area contributed by atoms with Gasteiger partial charge in [0, 0.05) is 24.8 Å². The molecular formula is C20H22N10O2S3. The van der Waals surface area contributed by atoms with Crippen LogP contribution >= 0.6 is 35.6 Å². The Morgan fingerprint density at radius 2 is 1.74 bits per heavy atom. The zero-order valence-electron chi connectivity index (χ0n) is 19.6. The average molecular weight is 531 g/mol.